The van der Waals surface area contributed by atoms with Crippen molar-refractivity contribution >= 4 is 21.7 Å². The van der Waals surface area contributed by atoms with Gasteiger partial charge in [0.25, 0.3) is 0 Å². The van der Waals surface area contributed by atoms with Crippen LogP contribution in [0.2, 0.25) is 0 Å². The van der Waals surface area contributed by atoms with Gasteiger partial charge in [-0.05, 0) is 33.5 Å². The zero-order valence-electron chi connectivity index (χ0n) is 10.2. The molecule has 0 aliphatic heterocycles. The number of nitrogens with two attached hydrogens (primary N) is 1. The predicted octanol–water partition coefficient (Wildman–Crippen LogP) is 3.74. The highest BCUT2D eigenvalue weighted by atomic mass is 79.9. The Bertz CT molecular complexity index is 537. The van der Waals surface area contributed by atoms with Crippen LogP contribution in [-0.4, -0.2) is 9.97 Å². The van der Waals surface area contributed by atoms with Crippen molar-refractivity contribution in [1.29, 1.82) is 0 Å². The van der Waals surface area contributed by atoms with Gasteiger partial charge in [-0.2, -0.15) is 9.97 Å². The molecular formula is C13H14BrN3O. The quantitative estimate of drug-likeness (QED) is 0.878. The molecule has 0 aliphatic rings. The third-order valence-corrected chi connectivity index (χ3v) is 2.84. The first kappa shape index (κ1) is 12.8. The summed E-state index contributed by atoms with van der Waals surface area (Å²) in [7, 11) is 0. The van der Waals surface area contributed by atoms with Gasteiger partial charge in [-0.15, -0.1) is 0 Å². The lowest BCUT2D eigenvalue weighted by atomic mass is 10.0. The molecule has 0 amide bonds. The maximum atomic E-state index is 5.70. The topological polar surface area (TPSA) is 61.0 Å². The molecule has 0 bridgehead atoms. The van der Waals surface area contributed by atoms with Crippen LogP contribution in [0.25, 0.3) is 0 Å². The average Bonchev–Trinajstić information content (AvgIpc) is 2.27. The number of benzene rings is 1. The first-order valence-corrected chi connectivity index (χ1v) is 6.42. The van der Waals surface area contributed by atoms with Crippen molar-refractivity contribution in [2.75, 3.05) is 5.73 Å². The van der Waals surface area contributed by atoms with Crippen molar-refractivity contribution in [3.05, 3.63) is 40.5 Å². The smallest absolute Gasteiger partial charge is 0.325 e. The van der Waals surface area contributed by atoms with Crippen LogP contribution >= 0.6 is 15.9 Å². The molecule has 1 aromatic heterocycles. The summed E-state index contributed by atoms with van der Waals surface area (Å²) in [6, 6.07) is 9.70. The number of anilines is 1. The molecule has 1 aromatic carbocycles. The van der Waals surface area contributed by atoms with Gasteiger partial charge in [0.15, 0.2) is 0 Å². The number of para-hydroxylation sites is 1. The second-order valence-electron chi connectivity index (χ2n) is 4.19. The Hall–Kier alpha value is -1.62. The van der Waals surface area contributed by atoms with E-state index in [4.69, 9.17) is 10.5 Å². The Morgan fingerprint density at radius 1 is 1.22 bits per heavy atom. The summed E-state index contributed by atoms with van der Waals surface area (Å²) in [5.74, 6) is 1.49. The van der Waals surface area contributed by atoms with Crippen LogP contribution in [0.4, 0.5) is 5.82 Å². The average molecular weight is 308 g/mol. The van der Waals surface area contributed by atoms with Crippen LogP contribution < -0.4 is 10.5 Å². The van der Waals surface area contributed by atoms with Crippen molar-refractivity contribution in [1.82, 2.24) is 9.97 Å². The summed E-state index contributed by atoms with van der Waals surface area (Å²) in [6.07, 6.45) is 0. The molecule has 5 heteroatoms. The van der Waals surface area contributed by atoms with E-state index in [1.165, 1.54) is 0 Å². The van der Waals surface area contributed by atoms with Crippen LogP contribution in [-0.2, 0) is 0 Å². The Morgan fingerprint density at radius 3 is 2.61 bits per heavy atom. The summed E-state index contributed by atoms with van der Waals surface area (Å²) >= 11 is 3.26. The molecule has 4 nitrogen and oxygen atoms in total. The molecule has 94 valence electrons. The van der Waals surface area contributed by atoms with E-state index in [0.717, 1.165) is 11.3 Å². The summed E-state index contributed by atoms with van der Waals surface area (Å²) in [4.78, 5) is 8.18. The zero-order chi connectivity index (χ0) is 13.1. The van der Waals surface area contributed by atoms with Gasteiger partial charge in [0.05, 0.1) is 0 Å². The third-order valence-electron chi connectivity index (χ3n) is 2.44. The van der Waals surface area contributed by atoms with Gasteiger partial charge in [-0.3, -0.25) is 0 Å². The maximum Gasteiger partial charge on any atom is 0.325 e. The molecule has 0 radical (unpaired) electrons. The lowest BCUT2D eigenvalue weighted by Crippen LogP contribution is -1.99. The van der Waals surface area contributed by atoms with Crippen LogP contribution in [0, 0.1) is 0 Å². The highest BCUT2D eigenvalue weighted by Gasteiger charge is 2.10. The molecule has 0 atom stereocenters. The van der Waals surface area contributed by atoms with E-state index in [0.29, 0.717) is 16.3 Å². The van der Waals surface area contributed by atoms with Crippen molar-refractivity contribution in [3.63, 3.8) is 0 Å². The van der Waals surface area contributed by atoms with Gasteiger partial charge in [0.2, 0.25) is 0 Å². The zero-order valence-corrected chi connectivity index (χ0v) is 11.8. The number of hydrogen-bond donors (Lipinski definition) is 1. The molecule has 2 N–H and O–H groups in total. The molecule has 1 heterocycles. The summed E-state index contributed by atoms with van der Waals surface area (Å²) < 4.78 is 6.30. The molecule has 0 saturated heterocycles. The molecule has 0 aliphatic carbocycles. The van der Waals surface area contributed by atoms with Crippen LogP contribution in [0.5, 0.6) is 11.8 Å². The van der Waals surface area contributed by atoms with Crippen molar-refractivity contribution in [3.8, 4) is 11.8 Å². The SMILES string of the molecule is CC(C)c1ccccc1Oc1nc(N)cc(Br)n1. The first-order valence-electron chi connectivity index (χ1n) is 5.63. The Labute approximate surface area is 114 Å². The van der Waals surface area contributed by atoms with E-state index in [-0.39, 0.29) is 6.01 Å². The van der Waals surface area contributed by atoms with Gasteiger partial charge in [0.1, 0.15) is 16.2 Å². The molecule has 0 unspecified atom stereocenters. The number of hydrogen-bond acceptors (Lipinski definition) is 4. The molecule has 0 spiro atoms. The Kier molecular flexibility index (Phi) is 3.81. The number of nitrogens with zero attached hydrogens (tertiary/aromatic N) is 2. The normalized spacial score (nSPS) is 10.7. The monoisotopic (exact) mass is 307 g/mol. The van der Waals surface area contributed by atoms with E-state index in [9.17, 15) is 0 Å². The lowest BCUT2D eigenvalue weighted by Gasteiger charge is -2.12. The van der Waals surface area contributed by atoms with Crippen LogP contribution in [0.3, 0.4) is 0 Å². The highest BCUT2D eigenvalue weighted by molar-refractivity contribution is 9.10. The van der Waals surface area contributed by atoms with E-state index < -0.39 is 0 Å². The fourth-order valence-electron chi connectivity index (χ4n) is 1.61. The molecule has 0 fully saturated rings. The van der Waals surface area contributed by atoms with E-state index in [1.807, 2.05) is 24.3 Å². The minimum Gasteiger partial charge on any atom is -0.424 e. The van der Waals surface area contributed by atoms with Gasteiger partial charge >= 0.3 is 6.01 Å². The number of aromatic nitrogens is 2. The summed E-state index contributed by atoms with van der Waals surface area (Å²) in [5, 5.41) is 0. The third kappa shape index (κ3) is 2.98. The molecule has 18 heavy (non-hydrogen) atoms. The van der Waals surface area contributed by atoms with Gasteiger partial charge in [-0.1, -0.05) is 32.0 Å². The van der Waals surface area contributed by atoms with E-state index in [2.05, 4.69) is 39.7 Å². The Morgan fingerprint density at radius 2 is 1.94 bits per heavy atom. The van der Waals surface area contributed by atoms with E-state index in [1.54, 1.807) is 6.07 Å². The van der Waals surface area contributed by atoms with Crippen molar-refractivity contribution in [2.45, 2.75) is 19.8 Å². The second kappa shape index (κ2) is 5.35. The minimum absolute atomic E-state index is 0.245. The number of rotatable bonds is 3. The second-order valence-corrected chi connectivity index (χ2v) is 5.01. The molecule has 2 aromatic rings. The van der Waals surface area contributed by atoms with Crippen molar-refractivity contribution in [2.24, 2.45) is 0 Å². The van der Waals surface area contributed by atoms with E-state index >= 15 is 0 Å². The highest BCUT2D eigenvalue weighted by Crippen LogP contribution is 2.29. The fraction of sp³-hybridized carbons (Fsp3) is 0.231. The lowest BCUT2D eigenvalue weighted by molar-refractivity contribution is 0.434. The molecular weight excluding hydrogens is 294 g/mol. The number of halogens is 1. The largest absolute Gasteiger partial charge is 0.424 e. The fourth-order valence-corrected chi connectivity index (χ4v) is 1.99. The summed E-state index contributed by atoms with van der Waals surface area (Å²) in [6.45, 7) is 4.22. The standard InChI is InChI=1S/C13H14BrN3O/c1-8(2)9-5-3-4-6-10(9)18-13-16-11(14)7-12(15)17-13/h3-8H,1-2H3,(H2,15,16,17). The molecule has 2 rings (SSSR count). The number of ether oxygens (including phenoxy) is 1. The Balaban J connectivity index is 2.34. The number of nitrogen functional groups attached to an aromatic ring is 1. The minimum atomic E-state index is 0.245. The maximum absolute atomic E-state index is 5.70. The van der Waals surface area contributed by atoms with Gasteiger partial charge in [0, 0.05) is 6.07 Å². The van der Waals surface area contributed by atoms with Crippen LogP contribution in [0.1, 0.15) is 25.3 Å². The summed E-state index contributed by atoms with van der Waals surface area (Å²) in [5.41, 5.74) is 6.76. The van der Waals surface area contributed by atoms with Crippen LogP contribution in [0.15, 0.2) is 34.9 Å². The van der Waals surface area contributed by atoms with Gasteiger partial charge < -0.3 is 10.5 Å². The predicted molar refractivity (Wildman–Crippen MR) is 74.7 cm³/mol. The molecule has 0 saturated carbocycles. The first-order chi connectivity index (χ1) is 8.56. The van der Waals surface area contributed by atoms with Gasteiger partial charge in [-0.25, -0.2) is 0 Å². The van der Waals surface area contributed by atoms with Crippen molar-refractivity contribution < 1.29 is 4.74 Å².